The van der Waals surface area contributed by atoms with Gasteiger partial charge in [-0.15, -0.1) is 6.54 Å². The number of hydrogen-bond donors (Lipinski definition) is 0. The van der Waals surface area contributed by atoms with E-state index in [1.54, 1.807) is 0 Å². The molecule has 3 rings (SSSR count). The minimum absolute atomic E-state index is 1.19. The average molecular weight is 111 g/mol. The summed E-state index contributed by atoms with van der Waals surface area (Å²) in [4.78, 5) is 4.90. The molecule has 0 aromatic heterocycles. The highest BCUT2D eigenvalue weighted by Gasteiger charge is 2.14. The molecule has 2 bridgehead atoms. The topological polar surface area (TPSA) is 6.48 Å². The Balaban J connectivity index is 2.03. The number of hydrogen-bond acceptors (Lipinski definition) is 2. The lowest BCUT2D eigenvalue weighted by Crippen LogP contribution is -2.52. The third kappa shape index (κ3) is 0.644. The molecule has 0 amide bonds. The zero-order valence-corrected chi connectivity index (χ0v) is 5.01. The molecule has 0 aromatic rings. The van der Waals surface area contributed by atoms with Crippen molar-refractivity contribution >= 4 is 0 Å². The number of nitrogens with zero attached hydrogens (tertiary/aromatic N) is 2. The van der Waals surface area contributed by atoms with Gasteiger partial charge in [0.25, 0.3) is 0 Å². The summed E-state index contributed by atoms with van der Waals surface area (Å²) in [7, 11) is 0. The van der Waals surface area contributed by atoms with Crippen LogP contribution in [0.25, 0.3) is 0 Å². The summed E-state index contributed by atoms with van der Waals surface area (Å²) in [5.41, 5.74) is 0. The summed E-state index contributed by atoms with van der Waals surface area (Å²) in [5, 5.41) is 0. The Kier molecular flexibility index (Phi) is 1.02. The molecule has 0 spiro atoms. The molecule has 3 heterocycles. The maximum Gasteiger partial charge on any atom is 0.00577 e. The molecule has 46 valence electrons. The fourth-order valence-corrected chi connectivity index (χ4v) is 1.36. The van der Waals surface area contributed by atoms with Gasteiger partial charge in [-0.05, 0) is 13.1 Å². The SMILES string of the molecule is [CH-]1CN2CCN1CC2. The monoisotopic (exact) mass is 111 g/mol. The van der Waals surface area contributed by atoms with Gasteiger partial charge in [0, 0.05) is 13.1 Å². The van der Waals surface area contributed by atoms with E-state index in [1.807, 2.05) is 0 Å². The first kappa shape index (κ1) is 4.77. The van der Waals surface area contributed by atoms with Gasteiger partial charge >= 0.3 is 0 Å². The molecule has 3 fully saturated rings. The van der Waals surface area contributed by atoms with Crippen molar-refractivity contribution in [3.8, 4) is 0 Å². The van der Waals surface area contributed by atoms with Crippen LogP contribution in [0.2, 0.25) is 0 Å². The first-order chi connectivity index (χ1) is 3.95. The molecule has 0 saturated carbocycles. The fraction of sp³-hybridized carbons (Fsp3) is 0.833. The highest BCUT2D eigenvalue weighted by atomic mass is 15.3. The number of piperazine rings is 3. The summed E-state index contributed by atoms with van der Waals surface area (Å²) in [6.07, 6.45) is 0. The second kappa shape index (κ2) is 1.71. The fourth-order valence-electron chi connectivity index (χ4n) is 1.36. The standard InChI is InChI=1S/C6H11N2/c1-2-8-5-3-7(1)4-6-8/h1H,2-6H2/q-1. The molecule has 0 N–H and O–H groups in total. The molecule has 8 heavy (non-hydrogen) atoms. The molecule has 2 heteroatoms. The minimum Gasteiger partial charge on any atom is -0.453 e. The van der Waals surface area contributed by atoms with Crippen LogP contribution in [0, 0.1) is 6.54 Å². The molecule has 0 aromatic carbocycles. The Labute approximate surface area is 50.1 Å². The molecule has 3 aliphatic heterocycles. The van der Waals surface area contributed by atoms with E-state index in [0.717, 1.165) is 0 Å². The molecular formula is C6H11N2-. The van der Waals surface area contributed by atoms with Crippen molar-refractivity contribution in [3.63, 3.8) is 0 Å². The normalized spacial score (nSPS) is 45.0. The quantitative estimate of drug-likeness (QED) is 0.399. The largest absolute Gasteiger partial charge is 0.453 e. The molecule has 3 saturated heterocycles. The van der Waals surface area contributed by atoms with Crippen LogP contribution in [0.1, 0.15) is 0 Å². The molecule has 0 atom stereocenters. The highest BCUT2D eigenvalue weighted by Crippen LogP contribution is 2.10. The molecule has 0 unspecified atom stereocenters. The Morgan fingerprint density at radius 3 is 1.88 bits per heavy atom. The minimum atomic E-state index is 1.19. The summed E-state index contributed by atoms with van der Waals surface area (Å²) in [6.45, 7) is 8.60. The van der Waals surface area contributed by atoms with Crippen molar-refractivity contribution in [2.24, 2.45) is 0 Å². The molecule has 3 aliphatic rings. The Hall–Kier alpha value is -0.0800. The maximum atomic E-state index is 2.49. The number of rotatable bonds is 0. The number of fused-ring (bicyclic) bond motifs is 3. The van der Waals surface area contributed by atoms with Crippen LogP contribution >= 0.6 is 0 Å². The van der Waals surface area contributed by atoms with Crippen molar-refractivity contribution < 1.29 is 0 Å². The van der Waals surface area contributed by atoms with Gasteiger partial charge in [0.1, 0.15) is 0 Å². The van der Waals surface area contributed by atoms with Gasteiger partial charge in [-0.3, -0.25) is 6.54 Å². The van der Waals surface area contributed by atoms with Crippen molar-refractivity contribution in [3.05, 3.63) is 6.54 Å². The van der Waals surface area contributed by atoms with Gasteiger partial charge < -0.3 is 9.80 Å². The van der Waals surface area contributed by atoms with E-state index in [0.29, 0.717) is 0 Å². The predicted molar refractivity (Wildman–Crippen MR) is 32.3 cm³/mol. The highest BCUT2D eigenvalue weighted by molar-refractivity contribution is 4.86. The summed E-state index contributed by atoms with van der Waals surface area (Å²) >= 11 is 0. The van der Waals surface area contributed by atoms with Gasteiger partial charge in [-0.1, -0.05) is 0 Å². The van der Waals surface area contributed by atoms with Crippen LogP contribution in [0.15, 0.2) is 0 Å². The van der Waals surface area contributed by atoms with Crippen LogP contribution in [0.3, 0.4) is 0 Å². The van der Waals surface area contributed by atoms with Crippen molar-refractivity contribution in [1.82, 2.24) is 9.80 Å². The lowest BCUT2D eigenvalue weighted by Gasteiger charge is -2.50. The van der Waals surface area contributed by atoms with E-state index in [1.165, 1.54) is 32.7 Å². The third-order valence-corrected chi connectivity index (χ3v) is 2.00. The summed E-state index contributed by atoms with van der Waals surface area (Å²) in [6, 6.07) is 0. The van der Waals surface area contributed by atoms with E-state index in [-0.39, 0.29) is 0 Å². The van der Waals surface area contributed by atoms with E-state index in [4.69, 9.17) is 0 Å². The van der Waals surface area contributed by atoms with E-state index >= 15 is 0 Å². The lowest BCUT2D eigenvalue weighted by atomic mass is 10.2. The first-order valence-electron chi connectivity index (χ1n) is 3.25. The Morgan fingerprint density at radius 2 is 1.75 bits per heavy atom. The average Bonchev–Trinajstić information content (AvgIpc) is 1.92. The van der Waals surface area contributed by atoms with E-state index < -0.39 is 0 Å². The smallest absolute Gasteiger partial charge is 0.00577 e. The van der Waals surface area contributed by atoms with Gasteiger partial charge in [0.2, 0.25) is 0 Å². The summed E-state index contributed by atoms with van der Waals surface area (Å²) in [5.74, 6) is 0. The first-order valence-corrected chi connectivity index (χ1v) is 3.25. The van der Waals surface area contributed by atoms with Crippen LogP contribution in [0.4, 0.5) is 0 Å². The van der Waals surface area contributed by atoms with E-state index in [2.05, 4.69) is 16.3 Å². The third-order valence-electron chi connectivity index (χ3n) is 2.00. The van der Waals surface area contributed by atoms with Gasteiger partial charge in [0.15, 0.2) is 0 Å². The lowest BCUT2D eigenvalue weighted by molar-refractivity contribution is 0.0996. The maximum absolute atomic E-state index is 2.49. The Bertz CT molecular complexity index is 61.5. The predicted octanol–water partition coefficient (Wildman–Crippen LogP) is -0.221. The van der Waals surface area contributed by atoms with Gasteiger partial charge in [-0.25, -0.2) is 0 Å². The van der Waals surface area contributed by atoms with Crippen LogP contribution < -0.4 is 0 Å². The van der Waals surface area contributed by atoms with Crippen LogP contribution in [-0.2, 0) is 0 Å². The van der Waals surface area contributed by atoms with Crippen molar-refractivity contribution in [2.45, 2.75) is 0 Å². The molecule has 0 radical (unpaired) electrons. The zero-order valence-electron chi connectivity index (χ0n) is 5.01. The van der Waals surface area contributed by atoms with Gasteiger partial charge in [-0.2, -0.15) is 0 Å². The molecule has 2 nitrogen and oxygen atoms in total. The van der Waals surface area contributed by atoms with E-state index in [9.17, 15) is 0 Å². The van der Waals surface area contributed by atoms with Gasteiger partial charge in [0.05, 0.1) is 0 Å². The second-order valence-corrected chi connectivity index (χ2v) is 2.52. The Morgan fingerprint density at radius 1 is 1.00 bits per heavy atom. The molecule has 0 aliphatic carbocycles. The summed E-state index contributed by atoms with van der Waals surface area (Å²) < 4.78 is 0. The molecular weight excluding hydrogens is 100 g/mol. The van der Waals surface area contributed by atoms with Crippen molar-refractivity contribution in [2.75, 3.05) is 32.7 Å². The van der Waals surface area contributed by atoms with Crippen LogP contribution in [-0.4, -0.2) is 42.5 Å². The zero-order chi connectivity index (χ0) is 5.40. The van der Waals surface area contributed by atoms with Crippen molar-refractivity contribution in [1.29, 1.82) is 0 Å². The second-order valence-electron chi connectivity index (χ2n) is 2.52. The van der Waals surface area contributed by atoms with Crippen LogP contribution in [0.5, 0.6) is 0 Å².